The molecule has 3 saturated heterocycles. The highest BCUT2D eigenvalue weighted by atomic mass is 16.8. The molecule has 0 bridgehead atoms. The van der Waals surface area contributed by atoms with Crippen LogP contribution in [0.5, 0.6) is 28.7 Å². The van der Waals surface area contributed by atoms with Gasteiger partial charge < -0.3 is 72.5 Å². The van der Waals surface area contributed by atoms with E-state index >= 15 is 0 Å². The Balaban J connectivity index is 1.26. The van der Waals surface area contributed by atoms with Gasteiger partial charge in [0.15, 0.2) is 35.6 Å². The second kappa shape index (κ2) is 14.0. The number of rotatable bonds is 9. The number of carbonyl (C=O) groups is 2. The molecular weight excluding hydrogens is 668 g/mol. The molecule has 4 heterocycles. The number of fused-ring (bicyclic) bond motifs is 4. The van der Waals surface area contributed by atoms with Gasteiger partial charge in [0.1, 0.15) is 37.1 Å². The number of hydrogen-bond donors (Lipinski definition) is 4. The van der Waals surface area contributed by atoms with E-state index in [1.54, 1.807) is 31.2 Å². The number of ether oxygens (including phenoxy) is 11. The first-order valence-corrected chi connectivity index (χ1v) is 16.0. The van der Waals surface area contributed by atoms with Crippen LogP contribution in [-0.4, -0.2) is 123 Å². The number of aliphatic hydroxyl groups excluding tert-OH is 4. The summed E-state index contributed by atoms with van der Waals surface area (Å²) in [5.41, 5.74) is 1.73. The normalized spacial score (nSPS) is 33.0. The van der Waals surface area contributed by atoms with E-state index in [-0.39, 0.29) is 37.3 Å². The number of hydrogen-bond acceptors (Lipinski definition) is 17. The lowest BCUT2D eigenvalue weighted by Gasteiger charge is -2.47. The highest BCUT2D eigenvalue weighted by molar-refractivity contribution is 5.79. The highest BCUT2D eigenvalue weighted by Gasteiger charge is 2.56. The van der Waals surface area contributed by atoms with Crippen molar-refractivity contribution >= 4 is 12.1 Å². The van der Waals surface area contributed by atoms with Gasteiger partial charge in [-0.25, -0.2) is 4.79 Å². The molecule has 0 radical (unpaired) electrons. The Morgan fingerprint density at radius 1 is 0.960 bits per heavy atom. The molecule has 4 N–H and O–H groups in total. The molecule has 17 nitrogen and oxygen atoms in total. The van der Waals surface area contributed by atoms with Crippen LogP contribution in [0.25, 0.3) is 0 Å². The first kappa shape index (κ1) is 34.5. The van der Waals surface area contributed by atoms with Gasteiger partial charge in [-0.1, -0.05) is 0 Å². The summed E-state index contributed by atoms with van der Waals surface area (Å²) in [6.45, 7) is 0.611. The van der Waals surface area contributed by atoms with Crippen LogP contribution >= 0.6 is 0 Å². The fourth-order valence-corrected chi connectivity index (χ4v) is 7.15. The van der Waals surface area contributed by atoms with Crippen LogP contribution in [0.15, 0.2) is 24.3 Å². The summed E-state index contributed by atoms with van der Waals surface area (Å²) in [6.07, 6.45) is -9.66. The molecule has 5 aliphatic rings. The number of methoxy groups -OCH3 is 2. The van der Waals surface area contributed by atoms with Crippen molar-refractivity contribution < 1.29 is 82.1 Å². The van der Waals surface area contributed by atoms with E-state index in [0.717, 1.165) is 0 Å². The van der Waals surface area contributed by atoms with E-state index in [1.807, 2.05) is 0 Å². The van der Waals surface area contributed by atoms with Crippen LogP contribution in [-0.2, 0) is 33.2 Å². The molecule has 272 valence electrons. The van der Waals surface area contributed by atoms with E-state index in [2.05, 4.69) is 0 Å². The minimum Gasteiger partial charge on any atom is -0.493 e. The molecule has 1 aliphatic carbocycles. The molecular formula is C33H38O17. The summed E-state index contributed by atoms with van der Waals surface area (Å²) in [6, 6.07) is 6.68. The van der Waals surface area contributed by atoms with Crippen LogP contribution in [0.3, 0.4) is 0 Å². The van der Waals surface area contributed by atoms with Gasteiger partial charge >= 0.3 is 12.1 Å². The molecule has 7 rings (SSSR count). The van der Waals surface area contributed by atoms with E-state index in [0.29, 0.717) is 28.2 Å². The van der Waals surface area contributed by atoms with Crippen LogP contribution < -0.4 is 23.7 Å². The van der Waals surface area contributed by atoms with E-state index in [9.17, 15) is 24.9 Å². The zero-order valence-corrected chi connectivity index (χ0v) is 27.3. The molecule has 3 fully saturated rings. The number of aliphatic hydroxyl groups is 4. The summed E-state index contributed by atoms with van der Waals surface area (Å²) in [5, 5.41) is 40.7. The molecule has 0 amide bonds. The zero-order chi connectivity index (χ0) is 35.3. The first-order valence-electron chi connectivity index (χ1n) is 16.0. The van der Waals surface area contributed by atoms with Crippen molar-refractivity contribution in [1.29, 1.82) is 0 Å². The van der Waals surface area contributed by atoms with Gasteiger partial charge in [-0.15, -0.1) is 0 Å². The van der Waals surface area contributed by atoms with Crippen LogP contribution in [0.4, 0.5) is 4.79 Å². The standard InChI is InChI=1S/C33H38O17/c1-13-42-11-23-30(47-13)26(36)27(37)32(48-23)49-28-17-7-20-19(45-12-46-20)6-16(17)24(25-18(28)10-43-31(25)38)14-4-21(40-2)29(22(5-14)41-3)50-33(39)44-9-15(35)8-34/h4-7,13,15,18,23-28,30,32,34-37H,8-12H2,1-3H3/t13?,15?,18?,23?,24-,25?,26?,27?,28?,30?,32?/m1/s1. The Hall–Kier alpha value is -3.94. The highest BCUT2D eigenvalue weighted by Crippen LogP contribution is 2.57. The number of carbonyl (C=O) groups excluding carboxylic acids is 2. The minimum absolute atomic E-state index is 0.0271. The van der Waals surface area contributed by atoms with Gasteiger partial charge in [-0.05, 0) is 47.9 Å². The second-order valence-electron chi connectivity index (χ2n) is 12.5. The smallest absolute Gasteiger partial charge is 0.493 e. The molecule has 2 aromatic carbocycles. The Morgan fingerprint density at radius 3 is 2.34 bits per heavy atom. The molecule has 0 aromatic heterocycles. The van der Waals surface area contributed by atoms with E-state index in [1.165, 1.54) is 14.2 Å². The van der Waals surface area contributed by atoms with Gasteiger partial charge in [0, 0.05) is 11.8 Å². The maximum Gasteiger partial charge on any atom is 0.514 e. The lowest BCUT2D eigenvalue weighted by molar-refractivity contribution is -0.364. The maximum absolute atomic E-state index is 13.6. The zero-order valence-electron chi connectivity index (χ0n) is 27.3. The van der Waals surface area contributed by atoms with Crippen LogP contribution in [0.2, 0.25) is 0 Å². The fraction of sp³-hybridized carbons (Fsp3) is 0.576. The third kappa shape index (κ3) is 6.17. The fourth-order valence-electron chi connectivity index (χ4n) is 7.15. The van der Waals surface area contributed by atoms with Gasteiger partial charge in [-0.3, -0.25) is 4.79 Å². The van der Waals surface area contributed by atoms with Gasteiger partial charge in [0.2, 0.25) is 12.5 Å². The van der Waals surface area contributed by atoms with Gasteiger partial charge in [0.05, 0.1) is 46.1 Å². The van der Waals surface area contributed by atoms with Gasteiger partial charge in [0.25, 0.3) is 0 Å². The SMILES string of the molecule is COc1cc([C@@H]2c3cc4c(cc3C(OC3OC5COC(C)OC5C(O)C3O)C3COC(=O)C32)OCO4)cc(OC)c1OC(=O)OCC(O)CO. The topological polar surface area (TPSA) is 217 Å². The molecule has 0 saturated carbocycles. The Bertz CT molecular complexity index is 1570. The third-order valence-corrected chi connectivity index (χ3v) is 9.52. The van der Waals surface area contributed by atoms with Gasteiger partial charge in [-0.2, -0.15) is 0 Å². The Kier molecular flexibility index (Phi) is 9.66. The predicted molar refractivity (Wildman–Crippen MR) is 162 cm³/mol. The number of benzene rings is 2. The lowest BCUT2D eigenvalue weighted by Crippen LogP contribution is -2.63. The monoisotopic (exact) mass is 706 g/mol. The minimum atomic E-state index is -1.49. The molecule has 50 heavy (non-hydrogen) atoms. The summed E-state index contributed by atoms with van der Waals surface area (Å²) in [5.74, 6) is -1.76. The Labute approximate surface area is 285 Å². The molecule has 4 aliphatic heterocycles. The van der Waals surface area contributed by atoms with Crippen molar-refractivity contribution in [2.24, 2.45) is 11.8 Å². The Morgan fingerprint density at radius 2 is 1.66 bits per heavy atom. The average Bonchev–Trinajstić information content (AvgIpc) is 3.74. The molecule has 0 spiro atoms. The average molecular weight is 707 g/mol. The molecule has 10 unspecified atom stereocenters. The maximum atomic E-state index is 13.6. The number of esters is 1. The van der Waals surface area contributed by atoms with Crippen molar-refractivity contribution in [3.05, 3.63) is 41.0 Å². The third-order valence-electron chi connectivity index (χ3n) is 9.52. The van der Waals surface area contributed by atoms with Crippen molar-refractivity contribution in [2.45, 2.75) is 62.0 Å². The predicted octanol–water partition coefficient (Wildman–Crippen LogP) is 0.502. The summed E-state index contributed by atoms with van der Waals surface area (Å²) >= 11 is 0. The largest absolute Gasteiger partial charge is 0.514 e. The summed E-state index contributed by atoms with van der Waals surface area (Å²) in [4.78, 5) is 26.1. The number of cyclic esters (lactones) is 1. The lowest BCUT2D eigenvalue weighted by atomic mass is 9.66. The van der Waals surface area contributed by atoms with E-state index < -0.39 is 92.3 Å². The molecule has 2 aromatic rings. The van der Waals surface area contributed by atoms with Crippen molar-refractivity contribution in [2.75, 3.05) is 47.4 Å². The van der Waals surface area contributed by atoms with Crippen LogP contribution in [0, 0.1) is 11.8 Å². The molecule has 11 atom stereocenters. The van der Waals surface area contributed by atoms with Crippen LogP contribution in [0.1, 0.15) is 35.6 Å². The second-order valence-corrected chi connectivity index (χ2v) is 12.5. The summed E-state index contributed by atoms with van der Waals surface area (Å²) < 4.78 is 62.3. The molecule has 17 heteroatoms. The van der Waals surface area contributed by atoms with Crippen molar-refractivity contribution in [1.82, 2.24) is 0 Å². The first-order chi connectivity index (χ1) is 24.1. The van der Waals surface area contributed by atoms with Crippen molar-refractivity contribution in [3.8, 4) is 28.7 Å². The van der Waals surface area contributed by atoms with Crippen molar-refractivity contribution in [3.63, 3.8) is 0 Å². The summed E-state index contributed by atoms with van der Waals surface area (Å²) in [7, 11) is 2.71. The quantitative estimate of drug-likeness (QED) is 0.206. The van der Waals surface area contributed by atoms with E-state index in [4.69, 9.17) is 57.2 Å².